The Morgan fingerprint density at radius 2 is 1.83 bits per heavy atom. The second-order valence-corrected chi connectivity index (χ2v) is 9.79. The van der Waals surface area contributed by atoms with E-state index in [4.69, 9.17) is 11.6 Å². The smallest absolute Gasteiger partial charge is 0.325 e. The highest BCUT2D eigenvalue weighted by Crippen LogP contribution is 2.57. The Labute approximate surface area is 180 Å². The molecule has 0 radical (unpaired) electrons. The van der Waals surface area contributed by atoms with Crippen molar-refractivity contribution in [2.45, 2.75) is 18.4 Å². The van der Waals surface area contributed by atoms with Crippen LogP contribution < -0.4 is 9.62 Å². The van der Waals surface area contributed by atoms with Gasteiger partial charge in [0.1, 0.15) is 11.4 Å². The van der Waals surface area contributed by atoms with Crippen molar-refractivity contribution in [1.82, 2.24) is 14.0 Å². The second-order valence-electron chi connectivity index (χ2n) is 7.68. The molecule has 1 unspecified atom stereocenters. The number of pyridine rings is 1. The van der Waals surface area contributed by atoms with Crippen LogP contribution in [0.15, 0.2) is 48.7 Å². The predicted octanol–water partition coefficient (Wildman–Crippen LogP) is 1.95. The first-order valence-corrected chi connectivity index (χ1v) is 11.5. The molecule has 1 aromatic heterocycles. The van der Waals surface area contributed by atoms with E-state index in [1.807, 2.05) is 35.2 Å². The predicted molar refractivity (Wildman–Crippen MR) is 114 cm³/mol. The Bertz CT molecular complexity index is 1030. The van der Waals surface area contributed by atoms with E-state index in [-0.39, 0.29) is 19.0 Å². The number of benzene rings is 1. The minimum atomic E-state index is -3.98. The van der Waals surface area contributed by atoms with Gasteiger partial charge in [0.05, 0.1) is 5.02 Å². The van der Waals surface area contributed by atoms with Crippen LogP contribution in [0, 0.1) is 5.92 Å². The van der Waals surface area contributed by atoms with Gasteiger partial charge in [-0.3, -0.25) is 4.79 Å². The normalized spacial score (nSPS) is 27.1. The highest BCUT2D eigenvalue weighted by Gasteiger charge is 2.70. The number of nitrogens with one attached hydrogen (secondary N) is 1. The number of rotatable bonds is 6. The molecule has 3 atom stereocenters. The molecular weight excluding hydrogens is 428 g/mol. The molecule has 0 bridgehead atoms. The molecule has 1 aliphatic heterocycles. The number of piperazine rings is 1. The molecule has 2 aliphatic rings. The summed E-state index contributed by atoms with van der Waals surface area (Å²) in [5.41, 5.74) is -0.719. The fourth-order valence-electron chi connectivity index (χ4n) is 4.29. The monoisotopic (exact) mass is 450 g/mol. The molecule has 1 saturated carbocycles. The Hall–Kier alpha value is -2.20. The van der Waals surface area contributed by atoms with Gasteiger partial charge in [0.25, 0.3) is 10.2 Å². The van der Waals surface area contributed by atoms with Crippen LogP contribution in [0.3, 0.4) is 0 Å². The lowest BCUT2D eigenvalue weighted by Gasteiger charge is -2.35. The molecule has 10 heteroatoms. The van der Waals surface area contributed by atoms with E-state index in [0.717, 1.165) is 11.4 Å². The fourth-order valence-corrected chi connectivity index (χ4v) is 6.00. The van der Waals surface area contributed by atoms with Gasteiger partial charge < -0.3 is 10.0 Å². The summed E-state index contributed by atoms with van der Waals surface area (Å²) < 4.78 is 29.9. The van der Waals surface area contributed by atoms with Gasteiger partial charge in [0.2, 0.25) is 0 Å². The molecule has 0 amide bonds. The van der Waals surface area contributed by atoms with Crippen LogP contribution >= 0.6 is 11.6 Å². The summed E-state index contributed by atoms with van der Waals surface area (Å²) in [7, 11) is -3.98. The molecule has 1 saturated heterocycles. The average Bonchev–Trinajstić information content (AvgIpc) is 3.33. The topological polar surface area (TPSA) is 103 Å². The minimum Gasteiger partial charge on any atom is -0.480 e. The van der Waals surface area contributed by atoms with E-state index in [9.17, 15) is 18.3 Å². The maximum absolute atomic E-state index is 13.1. The number of aromatic nitrogens is 1. The van der Waals surface area contributed by atoms with Crippen molar-refractivity contribution in [2.24, 2.45) is 5.92 Å². The molecule has 4 rings (SSSR count). The number of nitrogens with zero attached hydrogens (tertiary/aromatic N) is 3. The van der Waals surface area contributed by atoms with Crippen LogP contribution in [-0.2, 0) is 15.0 Å². The molecular formula is C20H23ClN4O4S. The Kier molecular flexibility index (Phi) is 5.48. The van der Waals surface area contributed by atoms with Crippen molar-refractivity contribution in [2.75, 3.05) is 31.1 Å². The third kappa shape index (κ3) is 3.66. The average molecular weight is 451 g/mol. The van der Waals surface area contributed by atoms with Crippen molar-refractivity contribution in [3.05, 3.63) is 59.2 Å². The number of carboxylic acids is 1. The number of halogens is 1. The molecule has 2 N–H and O–H groups in total. The summed E-state index contributed by atoms with van der Waals surface area (Å²) in [6.45, 7) is 3.14. The summed E-state index contributed by atoms with van der Waals surface area (Å²) in [6, 6.07) is 12.7. The lowest BCUT2D eigenvalue weighted by Crippen LogP contribution is -2.56. The molecule has 2 heterocycles. The molecule has 30 heavy (non-hydrogen) atoms. The minimum absolute atomic E-state index is 0.236. The lowest BCUT2D eigenvalue weighted by atomic mass is 10.1. The first kappa shape index (κ1) is 21.0. The van der Waals surface area contributed by atoms with Gasteiger partial charge in [-0.05, 0) is 23.6 Å². The first-order valence-electron chi connectivity index (χ1n) is 9.69. The first-order chi connectivity index (χ1) is 14.3. The zero-order valence-electron chi connectivity index (χ0n) is 16.4. The molecule has 1 aromatic carbocycles. The van der Waals surface area contributed by atoms with Crippen molar-refractivity contribution in [3.8, 4) is 0 Å². The van der Waals surface area contributed by atoms with Crippen LogP contribution in [0.2, 0.25) is 5.02 Å². The van der Waals surface area contributed by atoms with Gasteiger partial charge in [0, 0.05) is 38.3 Å². The van der Waals surface area contributed by atoms with Crippen molar-refractivity contribution in [1.29, 1.82) is 0 Å². The van der Waals surface area contributed by atoms with Crippen LogP contribution in [0.1, 0.15) is 18.4 Å². The van der Waals surface area contributed by atoms with Crippen molar-refractivity contribution >= 4 is 33.6 Å². The molecule has 160 valence electrons. The molecule has 8 nitrogen and oxygen atoms in total. The number of carbonyl (C=O) groups is 1. The van der Waals surface area contributed by atoms with E-state index in [2.05, 4.69) is 9.71 Å². The second kappa shape index (κ2) is 7.81. The number of aliphatic carboxylic acids is 1. The lowest BCUT2D eigenvalue weighted by molar-refractivity contribution is -0.140. The number of hydrogen-bond acceptors (Lipinski definition) is 5. The summed E-state index contributed by atoms with van der Waals surface area (Å²) in [5.74, 6) is -1.19. The molecule has 0 spiro atoms. The highest BCUT2D eigenvalue weighted by molar-refractivity contribution is 7.87. The van der Waals surface area contributed by atoms with Gasteiger partial charge >= 0.3 is 5.97 Å². The Morgan fingerprint density at radius 3 is 2.40 bits per heavy atom. The van der Waals surface area contributed by atoms with Crippen LogP contribution in [0.5, 0.6) is 0 Å². The van der Waals surface area contributed by atoms with Crippen LogP contribution in [-0.4, -0.2) is 60.5 Å². The quantitative estimate of drug-likeness (QED) is 0.697. The van der Waals surface area contributed by atoms with E-state index < -0.39 is 27.6 Å². The van der Waals surface area contributed by atoms with Gasteiger partial charge in [0.15, 0.2) is 0 Å². The van der Waals surface area contributed by atoms with Gasteiger partial charge in [-0.1, -0.05) is 48.9 Å². The third-order valence-electron chi connectivity index (χ3n) is 6.02. The highest BCUT2D eigenvalue weighted by atomic mass is 35.5. The summed E-state index contributed by atoms with van der Waals surface area (Å²) in [5, 5.41) is 10.4. The summed E-state index contributed by atoms with van der Waals surface area (Å²) >= 11 is 5.87. The summed E-state index contributed by atoms with van der Waals surface area (Å²) in [4.78, 5) is 18.4. The van der Waals surface area contributed by atoms with E-state index in [1.165, 1.54) is 4.31 Å². The van der Waals surface area contributed by atoms with E-state index >= 15 is 0 Å². The molecule has 2 fully saturated rings. The molecule has 1 aliphatic carbocycles. The van der Waals surface area contributed by atoms with Gasteiger partial charge in [-0.25, -0.2) is 4.98 Å². The van der Waals surface area contributed by atoms with E-state index in [0.29, 0.717) is 18.1 Å². The van der Waals surface area contributed by atoms with Gasteiger partial charge in [-0.2, -0.15) is 17.4 Å². The zero-order valence-corrected chi connectivity index (χ0v) is 18.0. The SMILES string of the molecule is CC1[C@H](c2ccccc2)[C@]1(NS(=O)(=O)N1CCN(c2ccc(Cl)cn2)CC1)C(=O)O. The third-order valence-corrected chi connectivity index (χ3v) is 7.89. The largest absolute Gasteiger partial charge is 0.480 e. The fraction of sp³-hybridized carbons (Fsp3) is 0.400. The van der Waals surface area contributed by atoms with Crippen LogP contribution in [0.25, 0.3) is 0 Å². The van der Waals surface area contributed by atoms with Gasteiger partial charge in [-0.15, -0.1) is 0 Å². The standard InChI is InChI=1S/C20H23ClN4O4S/c1-14-18(15-5-3-2-4-6-15)20(14,19(26)27)23-30(28,29)25-11-9-24(10-12-25)17-8-7-16(21)13-22-17/h2-8,13-14,18,23H,9-12H2,1H3,(H,26,27)/t14?,18-,20+/m1/s1. The number of anilines is 1. The van der Waals surface area contributed by atoms with E-state index in [1.54, 1.807) is 25.3 Å². The maximum Gasteiger partial charge on any atom is 0.325 e. The number of carboxylic acid groups (broad SMARTS) is 1. The summed E-state index contributed by atoms with van der Waals surface area (Å²) in [6.07, 6.45) is 1.55. The van der Waals surface area contributed by atoms with Crippen LogP contribution in [0.4, 0.5) is 5.82 Å². The number of hydrogen-bond donors (Lipinski definition) is 2. The maximum atomic E-state index is 13.1. The Morgan fingerprint density at radius 1 is 1.17 bits per heavy atom. The molecule has 2 aromatic rings. The zero-order chi connectivity index (χ0) is 21.5. The Balaban J connectivity index is 1.47. The van der Waals surface area contributed by atoms with Crippen molar-refractivity contribution in [3.63, 3.8) is 0 Å². The van der Waals surface area contributed by atoms with Crippen molar-refractivity contribution < 1.29 is 18.3 Å².